The molecule has 1 N–H and O–H groups in total. The van der Waals surface area contributed by atoms with Crippen LogP contribution in [0.3, 0.4) is 0 Å². The molecule has 0 atom stereocenters. The number of aromatic nitrogens is 1. The zero-order valence-electron chi connectivity index (χ0n) is 15.7. The van der Waals surface area contributed by atoms with E-state index >= 15 is 0 Å². The Hall–Kier alpha value is -3.18. The summed E-state index contributed by atoms with van der Waals surface area (Å²) in [6, 6.07) is 21.6. The smallest absolute Gasteiger partial charge is 0.262 e. The third kappa shape index (κ3) is 3.89. The van der Waals surface area contributed by atoms with E-state index in [0.717, 1.165) is 37.8 Å². The fourth-order valence-electron chi connectivity index (χ4n) is 3.06. The lowest BCUT2D eigenvalue weighted by Gasteiger charge is -2.12. The number of anilines is 1. The van der Waals surface area contributed by atoms with Crippen LogP contribution in [-0.2, 0) is 4.79 Å². The van der Waals surface area contributed by atoms with Crippen LogP contribution in [-0.4, -0.2) is 17.5 Å². The van der Waals surface area contributed by atoms with Crippen molar-refractivity contribution in [1.82, 2.24) is 4.98 Å². The lowest BCUT2D eigenvalue weighted by Crippen LogP contribution is -2.20. The Balaban J connectivity index is 1.51. The Morgan fingerprint density at radius 3 is 2.64 bits per heavy atom. The molecule has 0 fully saturated rings. The molecule has 28 heavy (non-hydrogen) atoms. The van der Waals surface area contributed by atoms with Crippen molar-refractivity contribution in [2.24, 2.45) is 0 Å². The highest BCUT2D eigenvalue weighted by molar-refractivity contribution is 7.21. The van der Waals surface area contributed by atoms with Gasteiger partial charge in [-0.15, -0.1) is 11.3 Å². The number of rotatable bonds is 5. The summed E-state index contributed by atoms with van der Waals surface area (Å²) in [5.41, 5.74) is 4.78. The summed E-state index contributed by atoms with van der Waals surface area (Å²) in [7, 11) is 0. The number of hydrogen-bond acceptors (Lipinski definition) is 4. The average Bonchev–Trinajstić information content (AvgIpc) is 3.12. The van der Waals surface area contributed by atoms with Gasteiger partial charge >= 0.3 is 0 Å². The van der Waals surface area contributed by atoms with Crippen molar-refractivity contribution in [2.75, 3.05) is 11.9 Å². The van der Waals surface area contributed by atoms with Crippen molar-refractivity contribution in [3.63, 3.8) is 0 Å². The minimum atomic E-state index is -0.200. The molecule has 0 bridgehead atoms. The molecule has 0 unspecified atom stereocenters. The first kappa shape index (κ1) is 18.2. The number of benzene rings is 3. The first-order valence-electron chi connectivity index (χ1n) is 9.05. The largest absolute Gasteiger partial charge is 0.483 e. The molecule has 140 valence electrons. The zero-order valence-corrected chi connectivity index (χ0v) is 16.5. The Morgan fingerprint density at radius 2 is 1.82 bits per heavy atom. The Labute approximate surface area is 167 Å². The van der Waals surface area contributed by atoms with Crippen LogP contribution >= 0.6 is 11.3 Å². The summed E-state index contributed by atoms with van der Waals surface area (Å²) in [4.78, 5) is 17.2. The summed E-state index contributed by atoms with van der Waals surface area (Å²) >= 11 is 1.61. The molecular weight excluding hydrogens is 368 g/mol. The third-order valence-corrected chi connectivity index (χ3v) is 5.48. The van der Waals surface area contributed by atoms with Crippen molar-refractivity contribution in [3.8, 4) is 16.3 Å². The van der Waals surface area contributed by atoms with E-state index in [2.05, 4.69) is 11.4 Å². The number of para-hydroxylation sites is 2. The molecule has 1 heterocycles. The normalized spacial score (nSPS) is 10.8. The zero-order chi connectivity index (χ0) is 19.5. The van der Waals surface area contributed by atoms with Crippen LogP contribution in [0.1, 0.15) is 11.1 Å². The first-order valence-corrected chi connectivity index (χ1v) is 9.87. The number of nitrogens with one attached hydrogen (secondary N) is 1. The van der Waals surface area contributed by atoms with Crippen molar-refractivity contribution < 1.29 is 9.53 Å². The second-order valence-corrected chi connectivity index (χ2v) is 7.67. The topological polar surface area (TPSA) is 51.2 Å². The minimum Gasteiger partial charge on any atom is -0.483 e. The van der Waals surface area contributed by atoms with E-state index in [1.54, 1.807) is 11.3 Å². The average molecular weight is 388 g/mol. The summed E-state index contributed by atoms with van der Waals surface area (Å²) in [5, 5.41) is 3.84. The SMILES string of the molecule is Cc1ccc(OCC(=O)Nc2ccccc2-c2nc3ccccc3s2)c(C)c1. The number of carbonyl (C=O) groups is 1. The maximum absolute atomic E-state index is 12.5. The quantitative estimate of drug-likeness (QED) is 0.484. The van der Waals surface area contributed by atoms with Gasteiger partial charge in [-0.3, -0.25) is 4.79 Å². The molecule has 0 aliphatic carbocycles. The third-order valence-electron chi connectivity index (χ3n) is 4.41. The molecule has 3 aromatic carbocycles. The molecule has 0 saturated carbocycles. The van der Waals surface area contributed by atoms with Crippen LogP contribution < -0.4 is 10.1 Å². The van der Waals surface area contributed by atoms with E-state index in [4.69, 9.17) is 9.72 Å². The molecule has 4 rings (SSSR count). The van der Waals surface area contributed by atoms with Crippen LogP contribution in [0.2, 0.25) is 0 Å². The van der Waals surface area contributed by atoms with Crippen LogP contribution in [0.5, 0.6) is 5.75 Å². The molecule has 0 aliphatic heterocycles. The highest BCUT2D eigenvalue weighted by Gasteiger charge is 2.13. The number of amides is 1. The fraction of sp³-hybridized carbons (Fsp3) is 0.130. The minimum absolute atomic E-state index is 0.0436. The molecule has 0 radical (unpaired) electrons. The predicted molar refractivity (Wildman–Crippen MR) is 115 cm³/mol. The van der Waals surface area contributed by atoms with Gasteiger partial charge in [-0.2, -0.15) is 0 Å². The molecule has 0 spiro atoms. The van der Waals surface area contributed by atoms with Crippen molar-refractivity contribution in [2.45, 2.75) is 13.8 Å². The van der Waals surface area contributed by atoms with Gasteiger partial charge in [0.15, 0.2) is 6.61 Å². The van der Waals surface area contributed by atoms with E-state index in [1.165, 1.54) is 5.56 Å². The lowest BCUT2D eigenvalue weighted by molar-refractivity contribution is -0.118. The Kier molecular flexibility index (Phi) is 5.08. The summed E-state index contributed by atoms with van der Waals surface area (Å²) < 4.78 is 6.82. The Bertz CT molecular complexity index is 1120. The molecule has 4 nitrogen and oxygen atoms in total. The van der Waals surface area contributed by atoms with Crippen LogP contribution in [0.25, 0.3) is 20.8 Å². The van der Waals surface area contributed by atoms with Crippen molar-refractivity contribution >= 4 is 33.1 Å². The number of aryl methyl sites for hydroxylation is 2. The van der Waals surface area contributed by atoms with Gasteiger partial charge in [-0.1, -0.05) is 42.0 Å². The molecule has 0 saturated heterocycles. The van der Waals surface area contributed by atoms with Crippen LogP contribution in [0.4, 0.5) is 5.69 Å². The highest BCUT2D eigenvalue weighted by Crippen LogP contribution is 2.34. The van der Waals surface area contributed by atoms with E-state index in [0.29, 0.717) is 0 Å². The van der Waals surface area contributed by atoms with Gasteiger partial charge in [0.05, 0.1) is 15.9 Å². The van der Waals surface area contributed by atoms with Crippen molar-refractivity contribution in [1.29, 1.82) is 0 Å². The summed E-state index contributed by atoms with van der Waals surface area (Å²) in [5.74, 6) is 0.522. The second kappa shape index (κ2) is 7.82. The van der Waals surface area contributed by atoms with Crippen molar-refractivity contribution in [3.05, 3.63) is 77.9 Å². The van der Waals surface area contributed by atoms with E-state index in [1.807, 2.05) is 74.5 Å². The Morgan fingerprint density at radius 1 is 1.04 bits per heavy atom. The first-order chi connectivity index (χ1) is 13.6. The maximum atomic E-state index is 12.5. The van der Waals surface area contributed by atoms with Gasteiger partial charge in [-0.05, 0) is 49.7 Å². The van der Waals surface area contributed by atoms with Gasteiger partial charge in [-0.25, -0.2) is 4.98 Å². The summed E-state index contributed by atoms with van der Waals surface area (Å²) in [6.07, 6.45) is 0. The lowest BCUT2D eigenvalue weighted by atomic mass is 10.1. The number of ether oxygens (including phenoxy) is 1. The van der Waals surface area contributed by atoms with Gasteiger partial charge in [0.1, 0.15) is 10.8 Å². The molecule has 5 heteroatoms. The highest BCUT2D eigenvalue weighted by atomic mass is 32.1. The molecule has 4 aromatic rings. The van der Waals surface area contributed by atoms with Gasteiger partial charge < -0.3 is 10.1 Å². The molecule has 1 aromatic heterocycles. The van der Waals surface area contributed by atoms with Crippen LogP contribution in [0.15, 0.2) is 66.7 Å². The maximum Gasteiger partial charge on any atom is 0.262 e. The van der Waals surface area contributed by atoms with Gasteiger partial charge in [0.2, 0.25) is 0 Å². The fourth-order valence-corrected chi connectivity index (χ4v) is 4.06. The van der Waals surface area contributed by atoms with Gasteiger partial charge in [0, 0.05) is 5.56 Å². The number of nitrogens with zero attached hydrogens (tertiary/aromatic N) is 1. The van der Waals surface area contributed by atoms with Crippen LogP contribution in [0, 0.1) is 13.8 Å². The number of thiazole rings is 1. The predicted octanol–water partition coefficient (Wildman–Crippen LogP) is 5.60. The number of hydrogen-bond donors (Lipinski definition) is 1. The molecule has 0 aliphatic rings. The molecular formula is C23H20N2O2S. The van der Waals surface area contributed by atoms with Gasteiger partial charge in [0.25, 0.3) is 5.91 Å². The van der Waals surface area contributed by atoms with E-state index in [-0.39, 0.29) is 12.5 Å². The standard InChI is InChI=1S/C23H20N2O2S/c1-15-11-12-20(16(2)13-15)27-14-22(26)24-18-8-4-3-7-17(18)23-25-19-9-5-6-10-21(19)28-23/h3-13H,14H2,1-2H3,(H,24,26). The number of fused-ring (bicyclic) bond motifs is 1. The second-order valence-electron chi connectivity index (χ2n) is 6.64. The van der Waals surface area contributed by atoms with E-state index < -0.39 is 0 Å². The number of carbonyl (C=O) groups excluding carboxylic acids is 1. The summed E-state index contributed by atoms with van der Waals surface area (Å²) in [6.45, 7) is 3.96. The van der Waals surface area contributed by atoms with E-state index in [9.17, 15) is 4.79 Å². The molecule has 1 amide bonds. The monoisotopic (exact) mass is 388 g/mol.